The van der Waals surface area contributed by atoms with E-state index in [0.717, 1.165) is 25.2 Å². The summed E-state index contributed by atoms with van der Waals surface area (Å²) in [7, 11) is 0. The van der Waals surface area contributed by atoms with E-state index >= 15 is 0 Å². The van der Waals surface area contributed by atoms with Gasteiger partial charge >= 0.3 is 0 Å². The van der Waals surface area contributed by atoms with E-state index in [1.54, 1.807) is 35.1 Å². The predicted molar refractivity (Wildman–Crippen MR) is 85.8 cm³/mol. The van der Waals surface area contributed by atoms with Crippen LogP contribution in [0, 0.1) is 5.82 Å². The van der Waals surface area contributed by atoms with Crippen molar-refractivity contribution in [3.05, 3.63) is 48.5 Å². The van der Waals surface area contributed by atoms with Crippen molar-refractivity contribution in [3.63, 3.8) is 0 Å². The lowest BCUT2D eigenvalue weighted by molar-refractivity contribution is 0.265. The number of rotatable bonds is 3. The zero-order valence-corrected chi connectivity index (χ0v) is 12.6. The van der Waals surface area contributed by atoms with Gasteiger partial charge in [-0.05, 0) is 25.0 Å². The Morgan fingerprint density at radius 2 is 2.09 bits per heavy atom. The molecule has 0 bridgehead atoms. The first kappa shape index (κ1) is 14.1. The Morgan fingerprint density at radius 3 is 2.91 bits per heavy atom. The molecule has 1 atom stereocenters. The fourth-order valence-electron chi connectivity index (χ4n) is 3.29. The Kier molecular flexibility index (Phi) is 3.46. The molecular weight excluding hydrogens is 295 g/mol. The predicted octanol–water partition coefficient (Wildman–Crippen LogP) is 2.50. The number of anilines is 1. The first-order valence-electron chi connectivity index (χ1n) is 7.74. The van der Waals surface area contributed by atoms with Gasteiger partial charge < -0.3 is 10.0 Å². The molecule has 0 unspecified atom stereocenters. The summed E-state index contributed by atoms with van der Waals surface area (Å²) in [5.74, 6) is 0.596. The molecule has 3 heterocycles. The number of halogens is 1. The van der Waals surface area contributed by atoms with Crippen molar-refractivity contribution in [2.45, 2.75) is 18.9 Å². The Labute approximate surface area is 133 Å². The van der Waals surface area contributed by atoms with Crippen molar-refractivity contribution < 1.29 is 9.50 Å². The fourth-order valence-corrected chi connectivity index (χ4v) is 3.29. The minimum atomic E-state index is -0.288. The van der Waals surface area contributed by atoms with Crippen LogP contribution in [-0.2, 0) is 0 Å². The van der Waals surface area contributed by atoms with Crippen molar-refractivity contribution in [2.24, 2.45) is 0 Å². The van der Waals surface area contributed by atoms with Gasteiger partial charge in [-0.15, -0.1) is 0 Å². The van der Waals surface area contributed by atoms with Crippen molar-refractivity contribution in [2.75, 3.05) is 18.1 Å². The highest BCUT2D eigenvalue weighted by molar-refractivity contribution is 5.78. The fraction of sp³-hybridized carbons (Fsp3) is 0.294. The van der Waals surface area contributed by atoms with Gasteiger partial charge in [-0.1, -0.05) is 18.2 Å². The minimum absolute atomic E-state index is 0.0988. The van der Waals surface area contributed by atoms with Crippen LogP contribution in [0.15, 0.2) is 42.7 Å². The van der Waals surface area contributed by atoms with Crippen LogP contribution in [0.1, 0.15) is 12.8 Å². The Bertz CT molecular complexity index is 847. The third-order valence-electron chi connectivity index (χ3n) is 4.43. The number of aliphatic hydroxyl groups excluding tert-OH is 1. The molecule has 0 saturated carbocycles. The third-order valence-corrected chi connectivity index (χ3v) is 4.43. The molecule has 6 heteroatoms. The molecule has 5 nitrogen and oxygen atoms in total. The number of aromatic nitrogens is 3. The van der Waals surface area contributed by atoms with Gasteiger partial charge in [0.05, 0.1) is 18.8 Å². The molecule has 1 aliphatic heterocycles. The molecule has 2 aromatic heterocycles. The minimum Gasteiger partial charge on any atom is -0.394 e. The Balaban J connectivity index is 1.86. The molecule has 1 aliphatic rings. The third kappa shape index (κ3) is 2.26. The number of aliphatic hydroxyl groups is 1. The van der Waals surface area contributed by atoms with E-state index in [0.29, 0.717) is 16.8 Å². The van der Waals surface area contributed by atoms with Gasteiger partial charge in [0, 0.05) is 23.9 Å². The summed E-state index contributed by atoms with van der Waals surface area (Å²) in [5, 5.41) is 14.0. The average Bonchev–Trinajstić information content (AvgIpc) is 3.21. The van der Waals surface area contributed by atoms with Gasteiger partial charge in [0.15, 0.2) is 5.65 Å². The molecular formula is C17H17FN4O. The summed E-state index contributed by atoms with van der Waals surface area (Å²) in [6.45, 7) is 0.991. The lowest BCUT2D eigenvalue weighted by Gasteiger charge is -2.25. The maximum atomic E-state index is 14.1. The molecule has 1 N–H and O–H groups in total. The zero-order valence-electron chi connectivity index (χ0n) is 12.6. The van der Waals surface area contributed by atoms with Crippen LogP contribution < -0.4 is 4.90 Å². The SMILES string of the molecule is OC[C@@H]1CCCN1c1ccnc2c(-c3ccccc3F)cnn12. The van der Waals surface area contributed by atoms with Gasteiger partial charge in [-0.3, -0.25) is 0 Å². The first-order valence-corrected chi connectivity index (χ1v) is 7.74. The van der Waals surface area contributed by atoms with Crippen LogP contribution in [0.3, 0.4) is 0 Å². The highest BCUT2D eigenvalue weighted by atomic mass is 19.1. The number of hydrogen-bond donors (Lipinski definition) is 1. The molecule has 0 spiro atoms. The van der Waals surface area contributed by atoms with Crippen molar-refractivity contribution in [1.82, 2.24) is 14.6 Å². The Morgan fingerprint density at radius 1 is 1.22 bits per heavy atom. The maximum absolute atomic E-state index is 14.1. The Hall–Kier alpha value is -2.47. The summed E-state index contributed by atoms with van der Waals surface area (Å²) >= 11 is 0. The second-order valence-electron chi connectivity index (χ2n) is 5.75. The van der Waals surface area contributed by atoms with Crippen LogP contribution >= 0.6 is 0 Å². The quantitative estimate of drug-likeness (QED) is 0.807. The molecule has 118 valence electrons. The first-order chi connectivity index (χ1) is 11.3. The second-order valence-corrected chi connectivity index (χ2v) is 5.75. The number of hydrogen-bond acceptors (Lipinski definition) is 4. The normalized spacial score (nSPS) is 18.0. The summed E-state index contributed by atoms with van der Waals surface area (Å²) in [6.07, 6.45) is 5.36. The monoisotopic (exact) mass is 312 g/mol. The molecule has 1 aromatic carbocycles. The van der Waals surface area contributed by atoms with Gasteiger partial charge in [0.2, 0.25) is 0 Å². The summed E-state index contributed by atoms with van der Waals surface area (Å²) in [4.78, 5) is 6.53. The van der Waals surface area contributed by atoms with Crippen LogP contribution in [0.2, 0.25) is 0 Å². The summed E-state index contributed by atoms with van der Waals surface area (Å²) < 4.78 is 15.8. The van der Waals surface area contributed by atoms with Gasteiger partial charge in [-0.2, -0.15) is 9.61 Å². The highest BCUT2D eigenvalue weighted by Crippen LogP contribution is 2.30. The van der Waals surface area contributed by atoms with E-state index < -0.39 is 0 Å². The van der Waals surface area contributed by atoms with E-state index in [4.69, 9.17) is 0 Å². The van der Waals surface area contributed by atoms with Crippen LogP contribution in [0.4, 0.5) is 10.2 Å². The van der Waals surface area contributed by atoms with Crippen molar-refractivity contribution in [3.8, 4) is 11.1 Å². The molecule has 1 fully saturated rings. The maximum Gasteiger partial charge on any atom is 0.165 e. The lowest BCUT2D eigenvalue weighted by Crippen LogP contribution is -2.33. The van der Waals surface area contributed by atoms with E-state index in [-0.39, 0.29) is 18.5 Å². The second kappa shape index (κ2) is 5.62. The molecule has 0 aliphatic carbocycles. The van der Waals surface area contributed by atoms with Crippen LogP contribution in [0.25, 0.3) is 16.8 Å². The smallest absolute Gasteiger partial charge is 0.165 e. The summed E-state index contributed by atoms with van der Waals surface area (Å²) in [6, 6.07) is 8.62. The average molecular weight is 312 g/mol. The largest absolute Gasteiger partial charge is 0.394 e. The lowest BCUT2D eigenvalue weighted by atomic mass is 10.1. The van der Waals surface area contributed by atoms with Crippen LogP contribution in [0.5, 0.6) is 0 Å². The number of benzene rings is 1. The highest BCUT2D eigenvalue weighted by Gasteiger charge is 2.26. The van der Waals surface area contributed by atoms with Gasteiger partial charge in [-0.25, -0.2) is 9.37 Å². The van der Waals surface area contributed by atoms with Crippen LogP contribution in [-0.4, -0.2) is 38.9 Å². The molecule has 3 aromatic rings. The van der Waals surface area contributed by atoms with E-state index in [1.807, 2.05) is 6.07 Å². The van der Waals surface area contributed by atoms with E-state index in [1.165, 1.54) is 6.07 Å². The number of nitrogens with zero attached hydrogens (tertiary/aromatic N) is 4. The van der Waals surface area contributed by atoms with Gasteiger partial charge in [0.1, 0.15) is 11.6 Å². The standard InChI is InChI=1S/C17H17FN4O/c18-15-6-2-1-5-13(15)14-10-20-22-16(7-8-19-17(14)22)21-9-3-4-12(21)11-23/h1-2,5-8,10,12,23H,3-4,9,11H2/t12-/m0/s1. The summed E-state index contributed by atoms with van der Waals surface area (Å²) in [5.41, 5.74) is 1.79. The number of fused-ring (bicyclic) bond motifs is 1. The molecule has 0 amide bonds. The topological polar surface area (TPSA) is 53.7 Å². The van der Waals surface area contributed by atoms with Gasteiger partial charge in [0.25, 0.3) is 0 Å². The molecule has 23 heavy (non-hydrogen) atoms. The zero-order chi connectivity index (χ0) is 15.8. The van der Waals surface area contributed by atoms with E-state index in [2.05, 4.69) is 15.0 Å². The molecule has 4 rings (SSSR count). The van der Waals surface area contributed by atoms with Crippen molar-refractivity contribution in [1.29, 1.82) is 0 Å². The molecule has 0 radical (unpaired) electrons. The van der Waals surface area contributed by atoms with E-state index in [9.17, 15) is 9.50 Å². The molecule has 1 saturated heterocycles. The van der Waals surface area contributed by atoms with Crippen molar-refractivity contribution >= 4 is 11.5 Å².